The summed E-state index contributed by atoms with van der Waals surface area (Å²) in [5.74, 6) is 2.00. The van der Waals surface area contributed by atoms with Crippen molar-refractivity contribution in [2.24, 2.45) is 4.99 Å². The van der Waals surface area contributed by atoms with Gasteiger partial charge in [-0.1, -0.05) is 0 Å². The molecule has 0 atom stereocenters. The number of aromatic nitrogens is 2. The van der Waals surface area contributed by atoms with Gasteiger partial charge in [-0.3, -0.25) is 9.89 Å². The van der Waals surface area contributed by atoms with Crippen molar-refractivity contribution in [3.05, 3.63) is 18.2 Å². The molecule has 0 aromatic carbocycles. The van der Waals surface area contributed by atoms with Crippen LogP contribution < -0.4 is 10.6 Å². The van der Waals surface area contributed by atoms with Gasteiger partial charge in [-0.05, 0) is 26.7 Å². The Morgan fingerprint density at radius 2 is 2.04 bits per heavy atom. The number of imidazole rings is 1. The van der Waals surface area contributed by atoms with E-state index in [-0.39, 0.29) is 24.0 Å². The van der Waals surface area contributed by atoms with E-state index < -0.39 is 0 Å². The molecule has 25 heavy (non-hydrogen) atoms. The van der Waals surface area contributed by atoms with Crippen molar-refractivity contribution >= 4 is 29.9 Å². The first-order valence-corrected chi connectivity index (χ1v) is 9.09. The molecule has 2 N–H and O–H groups in total. The molecule has 0 unspecified atom stereocenters. The van der Waals surface area contributed by atoms with E-state index in [2.05, 4.69) is 37.0 Å². The Balaban J connectivity index is 0.00000312. The predicted molar refractivity (Wildman–Crippen MR) is 113 cm³/mol. The molecule has 7 nitrogen and oxygen atoms in total. The van der Waals surface area contributed by atoms with E-state index in [4.69, 9.17) is 4.74 Å². The van der Waals surface area contributed by atoms with Crippen LogP contribution in [0.25, 0.3) is 0 Å². The minimum absolute atomic E-state index is 0. The lowest BCUT2D eigenvalue weighted by molar-refractivity contribution is 0.0389. The van der Waals surface area contributed by atoms with Crippen LogP contribution >= 0.6 is 24.0 Å². The third-order valence-electron chi connectivity index (χ3n) is 4.17. The maximum absolute atomic E-state index is 5.37. The summed E-state index contributed by atoms with van der Waals surface area (Å²) in [5, 5.41) is 6.74. The molecule has 8 heteroatoms. The number of aryl methyl sites for hydroxylation is 2. The maximum Gasteiger partial charge on any atom is 0.191 e. The Morgan fingerprint density at radius 1 is 1.24 bits per heavy atom. The van der Waals surface area contributed by atoms with E-state index in [1.54, 1.807) is 0 Å². The average Bonchev–Trinajstić information content (AvgIpc) is 3.00. The van der Waals surface area contributed by atoms with Gasteiger partial charge in [-0.15, -0.1) is 24.0 Å². The van der Waals surface area contributed by atoms with Crippen LogP contribution in [0.2, 0.25) is 0 Å². The van der Waals surface area contributed by atoms with Crippen LogP contribution in [0.5, 0.6) is 0 Å². The second kappa shape index (κ2) is 13.3. The van der Waals surface area contributed by atoms with Crippen molar-refractivity contribution in [3.63, 3.8) is 0 Å². The largest absolute Gasteiger partial charge is 0.379 e. The Hall–Kier alpha value is -0.870. The maximum atomic E-state index is 5.37. The standard InChI is InChI=1S/C17H32N6O.HI/c1-3-18-17(21-7-10-22-12-14-24-15-13-22)20-6-4-5-9-23-11-8-19-16(23)2;/h8,11H,3-7,9-10,12-15H2,1-2H3,(H2,18,20,21);1H. The molecule has 0 amide bonds. The zero-order chi connectivity index (χ0) is 17.0. The summed E-state index contributed by atoms with van der Waals surface area (Å²) in [7, 11) is 0. The molecule has 2 rings (SSSR count). The minimum atomic E-state index is 0. The number of guanidine groups is 1. The number of rotatable bonds is 9. The molecule has 0 spiro atoms. The quantitative estimate of drug-likeness (QED) is 0.251. The first kappa shape index (κ1) is 22.2. The van der Waals surface area contributed by atoms with E-state index in [1.807, 2.05) is 19.3 Å². The first-order chi connectivity index (χ1) is 11.8. The second-order valence-corrected chi connectivity index (χ2v) is 6.02. The number of hydrogen-bond acceptors (Lipinski definition) is 4. The highest BCUT2D eigenvalue weighted by Crippen LogP contribution is 2.00. The number of halogens is 1. The molecule has 144 valence electrons. The van der Waals surface area contributed by atoms with Gasteiger partial charge in [0.05, 0.1) is 13.2 Å². The highest BCUT2D eigenvalue weighted by molar-refractivity contribution is 14.0. The minimum Gasteiger partial charge on any atom is -0.379 e. The molecular weight excluding hydrogens is 431 g/mol. The van der Waals surface area contributed by atoms with Crippen molar-refractivity contribution in [1.82, 2.24) is 25.1 Å². The monoisotopic (exact) mass is 464 g/mol. The van der Waals surface area contributed by atoms with Crippen LogP contribution in [0, 0.1) is 6.92 Å². The lowest BCUT2D eigenvalue weighted by Crippen LogP contribution is -2.44. The van der Waals surface area contributed by atoms with Gasteiger partial charge in [-0.2, -0.15) is 0 Å². The molecule has 1 aliphatic heterocycles. The van der Waals surface area contributed by atoms with Crippen molar-refractivity contribution in [2.45, 2.75) is 33.2 Å². The van der Waals surface area contributed by atoms with Crippen LogP contribution in [0.15, 0.2) is 17.4 Å². The van der Waals surface area contributed by atoms with E-state index in [0.29, 0.717) is 0 Å². The number of aliphatic imine (C=N–C) groups is 1. The Bertz CT molecular complexity index is 487. The Labute approximate surface area is 168 Å². The zero-order valence-electron chi connectivity index (χ0n) is 15.5. The molecule has 2 heterocycles. The number of unbranched alkanes of at least 4 members (excludes halogenated alkanes) is 1. The molecular formula is C17H33IN6O. The number of nitrogens with one attached hydrogen (secondary N) is 2. The molecule has 1 fully saturated rings. The lowest BCUT2D eigenvalue weighted by Gasteiger charge is -2.26. The van der Waals surface area contributed by atoms with Gasteiger partial charge in [0.1, 0.15) is 5.82 Å². The number of nitrogens with zero attached hydrogens (tertiary/aromatic N) is 4. The fraction of sp³-hybridized carbons (Fsp3) is 0.765. The zero-order valence-corrected chi connectivity index (χ0v) is 17.9. The van der Waals surface area contributed by atoms with Crippen molar-refractivity contribution in [1.29, 1.82) is 0 Å². The van der Waals surface area contributed by atoms with E-state index >= 15 is 0 Å². The molecule has 1 saturated heterocycles. The molecule has 1 aromatic heterocycles. The van der Waals surface area contributed by atoms with Gasteiger partial charge >= 0.3 is 0 Å². The van der Waals surface area contributed by atoms with Crippen LogP contribution in [0.4, 0.5) is 0 Å². The van der Waals surface area contributed by atoms with E-state index in [9.17, 15) is 0 Å². The van der Waals surface area contributed by atoms with Gasteiger partial charge in [0.25, 0.3) is 0 Å². The third kappa shape index (κ3) is 8.87. The SMILES string of the molecule is CCNC(=NCCCCn1ccnc1C)NCCN1CCOCC1.I. The number of ether oxygens (including phenoxy) is 1. The predicted octanol–water partition coefficient (Wildman–Crippen LogP) is 1.48. The molecule has 1 aromatic rings. The molecule has 0 saturated carbocycles. The Morgan fingerprint density at radius 3 is 2.72 bits per heavy atom. The van der Waals surface area contributed by atoms with Gasteiger partial charge in [0, 0.05) is 58.2 Å². The fourth-order valence-corrected chi connectivity index (χ4v) is 2.72. The normalized spacial score (nSPS) is 15.7. The molecule has 0 radical (unpaired) electrons. The molecule has 1 aliphatic rings. The van der Waals surface area contributed by atoms with Crippen LogP contribution in [-0.2, 0) is 11.3 Å². The first-order valence-electron chi connectivity index (χ1n) is 9.09. The Kier molecular flexibility index (Phi) is 11.8. The van der Waals surface area contributed by atoms with E-state index in [1.165, 1.54) is 0 Å². The summed E-state index contributed by atoms with van der Waals surface area (Å²) >= 11 is 0. The van der Waals surface area contributed by atoms with Crippen molar-refractivity contribution < 1.29 is 4.74 Å². The van der Waals surface area contributed by atoms with Crippen LogP contribution in [0.1, 0.15) is 25.6 Å². The second-order valence-electron chi connectivity index (χ2n) is 6.02. The van der Waals surface area contributed by atoms with Crippen molar-refractivity contribution in [3.8, 4) is 0 Å². The fourth-order valence-electron chi connectivity index (χ4n) is 2.72. The highest BCUT2D eigenvalue weighted by Gasteiger charge is 2.09. The van der Waals surface area contributed by atoms with Crippen LogP contribution in [-0.4, -0.2) is 72.9 Å². The van der Waals surface area contributed by atoms with Crippen molar-refractivity contribution in [2.75, 3.05) is 52.5 Å². The summed E-state index contributed by atoms with van der Waals surface area (Å²) in [6.45, 7) is 12.6. The van der Waals surface area contributed by atoms with Gasteiger partial charge in [0.15, 0.2) is 5.96 Å². The number of hydrogen-bond donors (Lipinski definition) is 2. The smallest absolute Gasteiger partial charge is 0.191 e. The van der Waals surface area contributed by atoms with Gasteiger partial charge in [-0.25, -0.2) is 4.98 Å². The lowest BCUT2D eigenvalue weighted by atomic mass is 10.3. The van der Waals surface area contributed by atoms with Gasteiger partial charge in [0.2, 0.25) is 0 Å². The summed E-state index contributed by atoms with van der Waals surface area (Å²) in [4.78, 5) is 11.3. The summed E-state index contributed by atoms with van der Waals surface area (Å²) < 4.78 is 7.56. The van der Waals surface area contributed by atoms with E-state index in [0.717, 1.165) is 83.7 Å². The summed E-state index contributed by atoms with van der Waals surface area (Å²) in [5.41, 5.74) is 0. The highest BCUT2D eigenvalue weighted by atomic mass is 127. The summed E-state index contributed by atoms with van der Waals surface area (Å²) in [6, 6.07) is 0. The summed E-state index contributed by atoms with van der Waals surface area (Å²) in [6.07, 6.45) is 6.09. The molecule has 0 aliphatic carbocycles. The van der Waals surface area contributed by atoms with Gasteiger partial charge < -0.3 is 19.9 Å². The third-order valence-corrected chi connectivity index (χ3v) is 4.17. The molecule has 0 bridgehead atoms. The average molecular weight is 464 g/mol. The topological polar surface area (TPSA) is 66.7 Å². The van der Waals surface area contributed by atoms with Crippen LogP contribution in [0.3, 0.4) is 0 Å². The number of morpholine rings is 1.